The molecule has 7 nitrogen and oxygen atoms in total. The Balaban J connectivity index is 1.80. The van der Waals surface area contributed by atoms with E-state index in [0.717, 1.165) is 25.0 Å². The van der Waals surface area contributed by atoms with E-state index >= 15 is 0 Å². The van der Waals surface area contributed by atoms with Gasteiger partial charge in [-0.05, 0) is 31.0 Å². The van der Waals surface area contributed by atoms with Crippen molar-refractivity contribution in [2.45, 2.75) is 43.6 Å². The molecular weight excluding hydrogens is 406 g/mol. The highest BCUT2D eigenvalue weighted by atomic mass is 19.3. The lowest BCUT2D eigenvalue weighted by Crippen LogP contribution is -2.33. The Kier molecular flexibility index (Phi) is 4.65. The zero-order chi connectivity index (χ0) is 21.8. The van der Waals surface area contributed by atoms with Crippen molar-refractivity contribution in [1.82, 2.24) is 14.8 Å². The zero-order valence-electron chi connectivity index (χ0n) is 16.7. The second-order valence-electron chi connectivity index (χ2n) is 8.32. The Labute approximate surface area is 176 Å². The molecule has 1 aromatic carbocycles. The summed E-state index contributed by atoms with van der Waals surface area (Å²) >= 11 is 0. The Bertz CT molecular complexity index is 1140. The summed E-state index contributed by atoms with van der Waals surface area (Å²) in [6, 6.07) is 9.76. The molecule has 162 valence electrons. The van der Waals surface area contributed by atoms with E-state index in [0.29, 0.717) is 22.4 Å². The van der Waals surface area contributed by atoms with E-state index in [1.54, 1.807) is 4.68 Å². The molecule has 31 heavy (non-hydrogen) atoms. The fourth-order valence-corrected chi connectivity index (χ4v) is 4.52. The number of aromatic nitrogens is 3. The minimum Gasteiger partial charge on any atom is -0.477 e. The lowest BCUT2D eigenvalue weighted by atomic mass is 9.82. The minimum absolute atomic E-state index is 0.166. The van der Waals surface area contributed by atoms with Crippen LogP contribution in [0, 0.1) is 0 Å². The van der Waals surface area contributed by atoms with Gasteiger partial charge in [0.1, 0.15) is 0 Å². The molecule has 1 aliphatic carbocycles. The molecule has 0 spiro atoms. The number of hydrogen-bond donors (Lipinski definition) is 2. The molecule has 0 radical (unpaired) electrons. The molecular formula is C22H22F2N4O3. The molecule has 1 saturated carbocycles. The molecule has 3 heterocycles. The summed E-state index contributed by atoms with van der Waals surface area (Å²) < 4.78 is 30.2. The summed E-state index contributed by atoms with van der Waals surface area (Å²) in [6.45, 7) is -1.04. The van der Waals surface area contributed by atoms with Gasteiger partial charge in [-0.15, -0.1) is 0 Å². The van der Waals surface area contributed by atoms with Crippen LogP contribution >= 0.6 is 0 Å². The van der Waals surface area contributed by atoms with Crippen LogP contribution in [0.1, 0.15) is 47.8 Å². The molecule has 0 unspecified atom stereocenters. The van der Waals surface area contributed by atoms with Gasteiger partial charge in [0.25, 0.3) is 5.92 Å². The minimum atomic E-state index is -2.97. The summed E-state index contributed by atoms with van der Waals surface area (Å²) in [6.07, 6.45) is 2.43. The van der Waals surface area contributed by atoms with Crippen LogP contribution in [0.4, 0.5) is 14.5 Å². The van der Waals surface area contributed by atoms with Crippen LogP contribution in [0.3, 0.4) is 0 Å². The number of rotatable bonds is 5. The molecule has 0 amide bonds. The summed E-state index contributed by atoms with van der Waals surface area (Å²) in [5.74, 6) is -4.06. The van der Waals surface area contributed by atoms with Gasteiger partial charge in [-0.2, -0.15) is 5.10 Å². The molecule has 2 aliphatic rings. The molecule has 2 aromatic heterocycles. The quantitative estimate of drug-likeness (QED) is 0.645. The first-order chi connectivity index (χ1) is 14.9. The molecule has 1 atom stereocenters. The monoisotopic (exact) mass is 428 g/mol. The first kappa shape index (κ1) is 19.9. The van der Waals surface area contributed by atoms with Crippen molar-refractivity contribution < 1.29 is 23.8 Å². The SMILES string of the molecule is O=C(O)c1cc(N2CC(F)(F)C[C@H]2CO)c2c(C3CCC3)nn(-c3ccccc3)c2n1. The van der Waals surface area contributed by atoms with Crippen LogP contribution in [0.2, 0.25) is 0 Å². The Hall–Kier alpha value is -3.07. The number of hydrogen-bond acceptors (Lipinski definition) is 5. The normalized spacial score (nSPS) is 20.9. The maximum atomic E-state index is 14.3. The van der Waals surface area contributed by atoms with Gasteiger partial charge in [-0.25, -0.2) is 23.2 Å². The number of nitrogens with zero attached hydrogens (tertiary/aromatic N) is 4. The molecule has 1 aliphatic heterocycles. The van der Waals surface area contributed by atoms with Crippen LogP contribution in [0.15, 0.2) is 36.4 Å². The molecule has 3 aromatic rings. The van der Waals surface area contributed by atoms with E-state index < -0.39 is 37.5 Å². The van der Waals surface area contributed by atoms with Gasteiger partial charge < -0.3 is 15.1 Å². The summed E-state index contributed by atoms with van der Waals surface area (Å²) in [5.41, 5.74) is 1.89. The number of aromatic carboxylic acids is 1. The molecule has 9 heteroatoms. The predicted molar refractivity (Wildman–Crippen MR) is 110 cm³/mol. The van der Waals surface area contributed by atoms with Crippen molar-refractivity contribution in [1.29, 1.82) is 0 Å². The van der Waals surface area contributed by atoms with Crippen molar-refractivity contribution in [3.63, 3.8) is 0 Å². The number of para-hydroxylation sites is 1. The van der Waals surface area contributed by atoms with Gasteiger partial charge in [0.05, 0.1) is 41.6 Å². The van der Waals surface area contributed by atoms with Crippen LogP contribution in [0.5, 0.6) is 0 Å². The van der Waals surface area contributed by atoms with Crippen molar-refractivity contribution in [2.24, 2.45) is 0 Å². The van der Waals surface area contributed by atoms with Gasteiger partial charge in [-0.3, -0.25) is 0 Å². The Morgan fingerprint density at radius 1 is 1.23 bits per heavy atom. The number of fused-ring (bicyclic) bond motifs is 1. The summed E-state index contributed by atoms with van der Waals surface area (Å²) in [4.78, 5) is 17.6. The first-order valence-electron chi connectivity index (χ1n) is 10.4. The van der Waals surface area contributed by atoms with Gasteiger partial charge in [-0.1, -0.05) is 24.6 Å². The lowest BCUT2D eigenvalue weighted by molar-refractivity contribution is 0.0201. The van der Waals surface area contributed by atoms with Crippen molar-refractivity contribution in [3.8, 4) is 5.69 Å². The fourth-order valence-electron chi connectivity index (χ4n) is 4.52. The number of alkyl halides is 2. The highest BCUT2D eigenvalue weighted by Gasteiger charge is 2.46. The van der Waals surface area contributed by atoms with Crippen LogP contribution in [0.25, 0.3) is 16.7 Å². The van der Waals surface area contributed by atoms with Crippen molar-refractivity contribution in [2.75, 3.05) is 18.1 Å². The van der Waals surface area contributed by atoms with Gasteiger partial charge in [0.15, 0.2) is 11.3 Å². The van der Waals surface area contributed by atoms with E-state index in [1.807, 2.05) is 30.3 Å². The third-order valence-corrected chi connectivity index (χ3v) is 6.25. The number of halogens is 2. The summed E-state index contributed by atoms with van der Waals surface area (Å²) in [7, 11) is 0. The maximum absolute atomic E-state index is 14.3. The number of aliphatic hydroxyl groups excluding tert-OH is 1. The highest BCUT2D eigenvalue weighted by molar-refractivity contribution is 5.98. The maximum Gasteiger partial charge on any atom is 0.354 e. The standard InChI is InChI=1S/C22H22F2N4O3/c23-22(24)10-15(11-29)27(12-22)17-9-16(21(30)31)25-20-18(17)19(13-5-4-6-13)26-28(20)14-7-2-1-3-8-14/h1-3,7-9,13,15,29H,4-6,10-12H2,(H,30,31)/t15-/m0/s1. The molecule has 2 fully saturated rings. The zero-order valence-corrected chi connectivity index (χ0v) is 16.7. The van der Waals surface area contributed by atoms with Crippen molar-refractivity contribution in [3.05, 3.63) is 47.8 Å². The lowest BCUT2D eigenvalue weighted by Gasteiger charge is -2.28. The third kappa shape index (κ3) is 3.33. The largest absolute Gasteiger partial charge is 0.477 e. The number of carbonyl (C=O) groups is 1. The first-order valence-corrected chi connectivity index (χ1v) is 10.4. The number of aliphatic hydroxyl groups is 1. The van der Waals surface area contributed by atoms with E-state index in [9.17, 15) is 23.8 Å². The second kappa shape index (κ2) is 7.26. The highest BCUT2D eigenvalue weighted by Crippen LogP contribution is 2.45. The molecule has 5 rings (SSSR count). The number of benzene rings is 1. The molecule has 1 saturated heterocycles. The van der Waals surface area contributed by atoms with Gasteiger partial charge in [0, 0.05) is 12.3 Å². The molecule has 2 N–H and O–H groups in total. The van der Waals surface area contributed by atoms with Crippen LogP contribution in [-0.2, 0) is 0 Å². The van der Waals surface area contributed by atoms with Crippen LogP contribution in [-0.4, -0.2) is 56.1 Å². The molecule has 0 bridgehead atoms. The van der Waals surface area contributed by atoms with Crippen molar-refractivity contribution >= 4 is 22.7 Å². The van der Waals surface area contributed by atoms with Gasteiger partial charge in [0.2, 0.25) is 0 Å². The van der Waals surface area contributed by atoms with E-state index in [1.165, 1.54) is 11.0 Å². The second-order valence-corrected chi connectivity index (χ2v) is 8.32. The van der Waals surface area contributed by atoms with E-state index in [2.05, 4.69) is 4.98 Å². The average molecular weight is 428 g/mol. The smallest absolute Gasteiger partial charge is 0.354 e. The van der Waals surface area contributed by atoms with E-state index in [-0.39, 0.29) is 11.6 Å². The Morgan fingerprint density at radius 3 is 2.58 bits per heavy atom. The van der Waals surface area contributed by atoms with Gasteiger partial charge >= 0.3 is 5.97 Å². The predicted octanol–water partition coefficient (Wildman–Crippen LogP) is 3.59. The van der Waals surface area contributed by atoms with E-state index in [4.69, 9.17) is 5.10 Å². The topological polar surface area (TPSA) is 91.5 Å². The average Bonchev–Trinajstić information content (AvgIpc) is 3.24. The summed E-state index contributed by atoms with van der Waals surface area (Å²) in [5, 5.41) is 24.8. The number of anilines is 1. The fraction of sp³-hybridized carbons (Fsp3) is 0.409. The number of carboxylic acid groups (broad SMARTS) is 1. The number of carboxylic acids is 1. The van der Waals surface area contributed by atoms with Crippen LogP contribution < -0.4 is 4.90 Å². The Morgan fingerprint density at radius 2 is 1.97 bits per heavy atom. The number of pyridine rings is 1. The third-order valence-electron chi connectivity index (χ3n) is 6.25.